The average Bonchev–Trinajstić information content (AvgIpc) is 2.47. The van der Waals surface area contributed by atoms with Crippen molar-refractivity contribution in [1.29, 1.82) is 0 Å². The van der Waals surface area contributed by atoms with E-state index in [1.807, 2.05) is 0 Å². The molecule has 2 atom stereocenters. The summed E-state index contributed by atoms with van der Waals surface area (Å²) in [5, 5.41) is 3.69. The van der Waals surface area contributed by atoms with Crippen molar-refractivity contribution < 1.29 is 4.74 Å². The van der Waals surface area contributed by atoms with Gasteiger partial charge in [-0.1, -0.05) is 51.1 Å². The van der Waals surface area contributed by atoms with E-state index in [0.29, 0.717) is 6.04 Å². The van der Waals surface area contributed by atoms with Crippen LogP contribution in [0.4, 0.5) is 0 Å². The molecule has 0 aliphatic carbocycles. The van der Waals surface area contributed by atoms with Gasteiger partial charge in [0.05, 0.1) is 11.7 Å². The number of nitrogens with one attached hydrogen (secondary N) is 1. The molecular formula is C16H25NO. The van der Waals surface area contributed by atoms with E-state index in [0.717, 1.165) is 25.8 Å². The van der Waals surface area contributed by atoms with Gasteiger partial charge in [-0.2, -0.15) is 0 Å². The quantitative estimate of drug-likeness (QED) is 0.876. The number of morpholine rings is 1. The number of hydrogen-bond acceptors (Lipinski definition) is 2. The van der Waals surface area contributed by atoms with Gasteiger partial charge in [-0.05, 0) is 24.8 Å². The van der Waals surface area contributed by atoms with Crippen LogP contribution in [0.2, 0.25) is 0 Å². The lowest BCUT2D eigenvalue weighted by Crippen LogP contribution is -2.55. The average molecular weight is 247 g/mol. The zero-order valence-electron chi connectivity index (χ0n) is 11.8. The molecule has 1 aromatic carbocycles. The van der Waals surface area contributed by atoms with E-state index in [1.54, 1.807) is 0 Å². The molecule has 1 N–H and O–H groups in total. The Balaban J connectivity index is 2.23. The summed E-state index contributed by atoms with van der Waals surface area (Å²) in [7, 11) is 0. The molecule has 100 valence electrons. The molecule has 0 bridgehead atoms. The van der Waals surface area contributed by atoms with Gasteiger partial charge in [0.15, 0.2) is 0 Å². The lowest BCUT2D eigenvalue weighted by atomic mass is 9.90. The van der Waals surface area contributed by atoms with Crippen LogP contribution in [-0.2, 0) is 4.74 Å². The molecule has 0 spiro atoms. The lowest BCUT2D eigenvalue weighted by molar-refractivity contribution is -0.142. The Morgan fingerprint density at radius 1 is 1.17 bits per heavy atom. The maximum atomic E-state index is 6.50. The second-order valence-corrected chi connectivity index (χ2v) is 5.23. The first-order valence-corrected chi connectivity index (χ1v) is 7.20. The second-order valence-electron chi connectivity index (χ2n) is 5.23. The summed E-state index contributed by atoms with van der Waals surface area (Å²) in [6.07, 6.45) is 3.42. The van der Waals surface area contributed by atoms with Crippen molar-refractivity contribution in [3.63, 3.8) is 0 Å². The summed E-state index contributed by atoms with van der Waals surface area (Å²) in [5.74, 6) is 0. The summed E-state index contributed by atoms with van der Waals surface area (Å²) >= 11 is 0. The molecule has 1 aromatic rings. The Morgan fingerprint density at radius 2 is 1.83 bits per heavy atom. The largest absolute Gasteiger partial charge is 0.364 e. The van der Waals surface area contributed by atoms with Gasteiger partial charge in [-0.15, -0.1) is 0 Å². The van der Waals surface area contributed by atoms with Crippen molar-refractivity contribution in [1.82, 2.24) is 5.32 Å². The van der Waals surface area contributed by atoms with Crippen LogP contribution in [0.15, 0.2) is 30.3 Å². The Morgan fingerprint density at radius 3 is 2.39 bits per heavy atom. The van der Waals surface area contributed by atoms with Gasteiger partial charge in [0.25, 0.3) is 0 Å². The highest BCUT2D eigenvalue weighted by Crippen LogP contribution is 2.35. The Hall–Kier alpha value is -0.860. The van der Waals surface area contributed by atoms with Gasteiger partial charge in [0.1, 0.15) is 0 Å². The van der Waals surface area contributed by atoms with Gasteiger partial charge in [0.2, 0.25) is 0 Å². The standard InChI is InChI=1S/C16H25NO/c1-4-14-15(13-10-8-7-9-11-13)18-16(5-2,6-3)12-17-14/h7-11,14-15,17H,4-6,12H2,1-3H3. The smallest absolute Gasteiger partial charge is 0.0985 e. The van der Waals surface area contributed by atoms with E-state index in [2.05, 4.69) is 56.4 Å². The number of ether oxygens (including phenoxy) is 1. The minimum Gasteiger partial charge on any atom is -0.364 e. The fraction of sp³-hybridized carbons (Fsp3) is 0.625. The fourth-order valence-electron chi connectivity index (χ4n) is 2.79. The molecule has 18 heavy (non-hydrogen) atoms. The first-order chi connectivity index (χ1) is 8.74. The van der Waals surface area contributed by atoms with Gasteiger partial charge < -0.3 is 10.1 Å². The van der Waals surface area contributed by atoms with E-state index in [1.165, 1.54) is 5.56 Å². The SMILES string of the molecule is CCC1NCC(CC)(CC)OC1c1ccccc1. The van der Waals surface area contributed by atoms with Crippen LogP contribution < -0.4 is 5.32 Å². The van der Waals surface area contributed by atoms with Gasteiger partial charge in [-0.3, -0.25) is 0 Å². The highest BCUT2D eigenvalue weighted by Gasteiger charge is 2.39. The highest BCUT2D eigenvalue weighted by atomic mass is 16.5. The Bertz CT molecular complexity index is 359. The third-order valence-corrected chi connectivity index (χ3v) is 4.29. The molecule has 0 aromatic heterocycles. The first-order valence-electron chi connectivity index (χ1n) is 7.20. The van der Waals surface area contributed by atoms with Crippen molar-refractivity contribution in [2.75, 3.05) is 6.54 Å². The molecule has 1 aliphatic rings. The van der Waals surface area contributed by atoms with Crippen LogP contribution in [0.5, 0.6) is 0 Å². The molecule has 2 rings (SSSR count). The second kappa shape index (κ2) is 5.85. The van der Waals surface area contributed by atoms with Crippen LogP contribution in [0.1, 0.15) is 51.7 Å². The number of hydrogen-bond donors (Lipinski definition) is 1. The predicted molar refractivity (Wildman–Crippen MR) is 75.7 cm³/mol. The normalized spacial score (nSPS) is 27.1. The summed E-state index contributed by atoms with van der Waals surface area (Å²) in [6.45, 7) is 7.64. The monoisotopic (exact) mass is 247 g/mol. The topological polar surface area (TPSA) is 21.3 Å². The van der Waals surface area contributed by atoms with Crippen molar-refractivity contribution in [2.45, 2.75) is 57.8 Å². The van der Waals surface area contributed by atoms with Gasteiger partial charge >= 0.3 is 0 Å². The molecule has 0 saturated carbocycles. The van der Waals surface area contributed by atoms with Crippen LogP contribution in [0.25, 0.3) is 0 Å². The summed E-state index contributed by atoms with van der Waals surface area (Å²) in [4.78, 5) is 0. The van der Waals surface area contributed by atoms with E-state index < -0.39 is 0 Å². The molecule has 2 heteroatoms. The minimum absolute atomic E-state index is 0.00613. The van der Waals surface area contributed by atoms with Gasteiger partial charge in [-0.25, -0.2) is 0 Å². The third kappa shape index (κ3) is 2.60. The van der Waals surface area contributed by atoms with E-state index in [4.69, 9.17) is 4.74 Å². The summed E-state index contributed by atoms with van der Waals surface area (Å²) in [5.41, 5.74) is 1.30. The van der Waals surface area contributed by atoms with Crippen LogP contribution in [0.3, 0.4) is 0 Å². The van der Waals surface area contributed by atoms with Crippen molar-refractivity contribution in [2.24, 2.45) is 0 Å². The third-order valence-electron chi connectivity index (χ3n) is 4.29. The zero-order chi connectivity index (χ0) is 13.0. The first kappa shape index (κ1) is 13.6. The molecule has 0 amide bonds. The predicted octanol–water partition coefficient (Wildman–Crippen LogP) is 3.68. The van der Waals surface area contributed by atoms with E-state index >= 15 is 0 Å². The van der Waals surface area contributed by atoms with Crippen molar-refractivity contribution >= 4 is 0 Å². The van der Waals surface area contributed by atoms with Crippen molar-refractivity contribution in [3.05, 3.63) is 35.9 Å². The van der Waals surface area contributed by atoms with E-state index in [9.17, 15) is 0 Å². The van der Waals surface area contributed by atoms with Crippen LogP contribution in [0, 0.1) is 0 Å². The molecular weight excluding hydrogens is 222 g/mol. The number of rotatable bonds is 4. The maximum Gasteiger partial charge on any atom is 0.0985 e. The number of benzene rings is 1. The molecule has 1 aliphatic heterocycles. The molecule has 2 unspecified atom stereocenters. The van der Waals surface area contributed by atoms with Gasteiger partial charge in [0, 0.05) is 12.6 Å². The summed E-state index contributed by atoms with van der Waals surface area (Å²) in [6, 6.07) is 11.0. The molecule has 2 nitrogen and oxygen atoms in total. The van der Waals surface area contributed by atoms with E-state index in [-0.39, 0.29) is 11.7 Å². The summed E-state index contributed by atoms with van der Waals surface area (Å²) < 4.78 is 6.50. The van der Waals surface area contributed by atoms with Crippen LogP contribution in [-0.4, -0.2) is 18.2 Å². The zero-order valence-corrected chi connectivity index (χ0v) is 11.8. The van der Waals surface area contributed by atoms with Crippen molar-refractivity contribution in [3.8, 4) is 0 Å². The highest BCUT2D eigenvalue weighted by molar-refractivity contribution is 5.20. The Labute approximate surface area is 111 Å². The molecule has 0 radical (unpaired) electrons. The minimum atomic E-state index is 0.00613. The molecule has 1 fully saturated rings. The van der Waals surface area contributed by atoms with Crippen LogP contribution >= 0.6 is 0 Å². The maximum absolute atomic E-state index is 6.50. The molecule has 1 saturated heterocycles. The molecule has 1 heterocycles. The Kier molecular flexibility index (Phi) is 4.41. The lowest BCUT2D eigenvalue weighted by Gasteiger charge is -2.45. The fourth-order valence-corrected chi connectivity index (χ4v) is 2.79.